The normalized spacial score (nSPS) is 21.4. The van der Waals surface area contributed by atoms with Crippen molar-refractivity contribution < 1.29 is 13.2 Å². The second-order valence-electron chi connectivity index (χ2n) is 4.98. The van der Waals surface area contributed by atoms with E-state index in [1.165, 1.54) is 0 Å². The van der Waals surface area contributed by atoms with Crippen molar-refractivity contribution in [1.29, 1.82) is 0 Å². The minimum absolute atomic E-state index is 0.0882. The SMILES string of the molecule is CCCOc1cccc(CNC2CCS(=O)(=O)C2)c1. The Morgan fingerprint density at radius 2 is 2.26 bits per heavy atom. The first-order chi connectivity index (χ1) is 9.09. The molecule has 1 aliphatic heterocycles. The van der Waals surface area contributed by atoms with Crippen molar-refractivity contribution in [3.8, 4) is 5.75 Å². The van der Waals surface area contributed by atoms with Gasteiger partial charge in [-0.15, -0.1) is 0 Å². The predicted octanol–water partition coefficient (Wildman–Crippen LogP) is 1.75. The van der Waals surface area contributed by atoms with Crippen LogP contribution in [0.25, 0.3) is 0 Å². The van der Waals surface area contributed by atoms with E-state index in [-0.39, 0.29) is 11.8 Å². The van der Waals surface area contributed by atoms with Crippen LogP contribution < -0.4 is 10.1 Å². The molecule has 106 valence electrons. The number of hydrogen-bond acceptors (Lipinski definition) is 4. The van der Waals surface area contributed by atoms with Crippen LogP contribution in [0.5, 0.6) is 5.75 Å². The van der Waals surface area contributed by atoms with Crippen molar-refractivity contribution in [3.05, 3.63) is 29.8 Å². The summed E-state index contributed by atoms with van der Waals surface area (Å²) in [6.45, 7) is 3.48. The van der Waals surface area contributed by atoms with E-state index in [1.807, 2.05) is 24.3 Å². The van der Waals surface area contributed by atoms with Crippen LogP contribution in [-0.4, -0.2) is 32.6 Å². The van der Waals surface area contributed by atoms with Crippen molar-refractivity contribution in [3.63, 3.8) is 0 Å². The first-order valence-corrected chi connectivity index (χ1v) is 8.57. The molecule has 1 aromatic rings. The van der Waals surface area contributed by atoms with Gasteiger partial charge < -0.3 is 10.1 Å². The van der Waals surface area contributed by atoms with Crippen molar-refractivity contribution >= 4 is 9.84 Å². The van der Waals surface area contributed by atoms with Crippen molar-refractivity contribution in [2.45, 2.75) is 32.4 Å². The van der Waals surface area contributed by atoms with Gasteiger partial charge in [-0.3, -0.25) is 0 Å². The lowest BCUT2D eigenvalue weighted by Crippen LogP contribution is -2.29. The molecular formula is C14H21NO3S. The fraction of sp³-hybridized carbons (Fsp3) is 0.571. The number of sulfone groups is 1. The first-order valence-electron chi connectivity index (χ1n) is 6.74. The molecule has 0 saturated carbocycles. The molecule has 1 N–H and O–H groups in total. The standard InChI is InChI=1S/C14H21NO3S/c1-2-7-18-14-5-3-4-12(9-14)10-15-13-6-8-19(16,17)11-13/h3-5,9,13,15H,2,6-8,10-11H2,1H3. The first kappa shape index (κ1) is 14.3. The molecular weight excluding hydrogens is 262 g/mol. The summed E-state index contributed by atoms with van der Waals surface area (Å²) in [6.07, 6.45) is 1.71. The Morgan fingerprint density at radius 3 is 2.95 bits per heavy atom. The Hall–Kier alpha value is -1.07. The maximum atomic E-state index is 11.4. The van der Waals surface area contributed by atoms with E-state index in [2.05, 4.69) is 12.2 Å². The van der Waals surface area contributed by atoms with E-state index in [1.54, 1.807) is 0 Å². The summed E-state index contributed by atoms with van der Waals surface area (Å²) < 4.78 is 28.3. The Morgan fingerprint density at radius 1 is 1.42 bits per heavy atom. The molecule has 0 bridgehead atoms. The predicted molar refractivity (Wildman–Crippen MR) is 76.1 cm³/mol. The number of ether oxygens (including phenoxy) is 1. The lowest BCUT2D eigenvalue weighted by molar-refractivity contribution is 0.317. The highest BCUT2D eigenvalue weighted by atomic mass is 32.2. The Balaban J connectivity index is 1.86. The highest BCUT2D eigenvalue weighted by Gasteiger charge is 2.27. The molecule has 0 spiro atoms. The molecule has 1 aliphatic rings. The molecule has 19 heavy (non-hydrogen) atoms. The smallest absolute Gasteiger partial charge is 0.151 e. The molecule has 1 atom stereocenters. The molecule has 1 aromatic carbocycles. The summed E-state index contributed by atoms with van der Waals surface area (Å²) in [4.78, 5) is 0. The molecule has 0 aromatic heterocycles. The van der Waals surface area contributed by atoms with E-state index < -0.39 is 9.84 Å². The van der Waals surface area contributed by atoms with Crippen LogP contribution in [0.15, 0.2) is 24.3 Å². The van der Waals surface area contributed by atoms with E-state index in [0.29, 0.717) is 18.7 Å². The highest BCUT2D eigenvalue weighted by molar-refractivity contribution is 7.91. The molecule has 0 radical (unpaired) electrons. The molecule has 4 nitrogen and oxygen atoms in total. The van der Waals surface area contributed by atoms with E-state index >= 15 is 0 Å². The van der Waals surface area contributed by atoms with Gasteiger partial charge in [0.2, 0.25) is 0 Å². The molecule has 0 aliphatic carbocycles. The van der Waals surface area contributed by atoms with Crippen LogP contribution >= 0.6 is 0 Å². The van der Waals surface area contributed by atoms with Crippen molar-refractivity contribution in [2.24, 2.45) is 0 Å². The third-order valence-corrected chi connectivity index (χ3v) is 4.97. The number of rotatable bonds is 6. The van der Waals surface area contributed by atoms with Gasteiger partial charge in [-0.2, -0.15) is 0 Å². The largest absolute Gasteiger partial charge is 0.494 e. The highest BCUT2D eigenvalue weighted by Crippen LogP contribution is 2.15. The summed E-state index contributed by atoms with van der Waals surface area (Å²) in [5, 5.41) is 3.30. The lowest BCUT2D eigenvalue weighted by atomic mass is 10.2. The lowest BCUT2D eigenvalue weighted by Gasteiger charge is -2.11. The van der Waals surface area contributed by atoms with Gasteiger partial charge in [0.15, 0.2) is 9.84 Å². The van der Waals surface area contributed by atoms with E-state index in [4.69, 9.17) is 4.74 Å². The molecule has 2 rings (SSSR count). The van der Waals surface area contributed by atoms with Crippen LogP contribution in [0.3, 0.4) is 0 Å². The third-order valence-electron chi connectivity index (χ3n) is 3.20. The zero-order valence-corrected chi connectivity index (χ0v) is 12.1. The maximum Gasteiger partial charge on any atom is 0.151 e. The summed E-state index contributed by atoms with van der Waals surface area (Å²) in [5.41, 5.74) is 1.12. The quantitative estimate of drug-likeness (QED) is 0.864. The second-order valence-corrected chi connectivity index (χ2v) is 7.21. The van der Waals surface area contributed by atoms with Gasteiger partial charge in [0.1, 0.15) is 5.75 Å². The van der Waals surface area contributed by atoms with E-state index in [0.717, 1.165) is 24.3 Å². The van der Waals surface area contributed by atoms with Gasteiger partial charge in [0.25, 0.3) is 0 Å². The maximum absolute atomic E-state index is 11.4. The molecule has 1 saturated heterocycles. The van der Waals surface area contributed by atoms with Crippen molar-refractivity contribution in [2.75, 3.05) is 18.1 Å². The van der Waals surface area contributed by atoms with Crippen LogP contribution in [0.1, 0.15) is 25.3 Å². The fourth-order valence-electron chi connectivity index (χ4n) is 2.18. The zero-order chi connectivity index (χ0) is 13.7. The average Bonchev–Trinajstić information content (AvgIpc) is 2.74. The number of benzene rings is 1. The molecule has 0 amide bonds. The molecule has 1 heterocycles. The van der Waals surface area contributed by atoms with Gasteiger partial charge in [0, 0.05) is 12.6 Å². The molecule has 1 unspecified atom stereocenters. The summed E-state index contributed by atoms with van der Waals surface area (Å²) in [6, 6.07) is 8.03. The van der Waals surface area contributed by atoms with E-state index in [9.17, 15) is 8.42 Å². The van der Waals surface area contributed by atoms with Crippen LogP contribution in [-0.2, 0) is 16.4 Å². The summed E-state index contributed by atoms with van der Waals surface area (Å²) in [5.74, 6) is 1.45. The van der Waals surface area contributed by atoms with Gasteiger partial charge >= 0.3 is 0 Å². The number of hydrogen-bond donors (Lipinski definition) is 1. The van der Waals surface area contributed by atoms with Crippen LogP contribution in [0, 0.1) is 0 Å². The van der Waals surface area contributed by atoms with Gasteiger partial charge in [-0.25, -0.2) is 8.42 Å². The molecule has 1 fully saturated rings. The van der Waals surface area contributed by atoms with Crippen molar-refractivity contribution in [1.82, 2.24) is 5.32 Å². The third kappa shape index (κ3) is 4.51. The van der Waals surface area contributed by atoms with Crippen LogP contribution in [0.2, 0.25) is 0 Å². The minimum Gasteiger partial charge on any atom is -0.494 e. The Kier molecular flexibility index (Phi) is 4.82. The second kappa shape index (κ2) is 6.39. The topological polar surface area (TPSA) is 55.4 Å². The Labute approximate surface area is 115 Å². The Bertz CT molecular complexity index is 513. The minimum atomic E-state index is -2.81. The van der Waals surface area contributed by atoms with Gasteiger partial charge in [-0.05, 0) is 30.5 Å². The fourth-order valence-corrected chi connectivity index (χ4v) is 3.89. The monoisotopic (exact) mass is 283 g/mol. The summed E-state index contributed by atoms with van der Waals surface area (Å²) >= 11 is 0. The average molecular weight is 283 g/mol. The van der Waals surface area contributed by atoms with Crippen LogP contribution in [0.4, 0.5) is 0 Å². The van der Waals surface area contributed by atoms with Gasteiger partial charge in [0.05, 0.1) is 18.1 Å². The zero-order valence-electron chi connectivity index (χ0n) is 11.3. The number of nitrogens with one attached hydrogen (secondary N) is 1. The van der Waals surface area contributed by atoms with Gasteiger partial charge in [-0.1, -0.05) is 19.1 Å². The molecule has 5 heteroatoms. The summed E-state index contributed by atoms with van der Waals surface area (Å²) in [7, 11) is -2.81.